The molecule has 4 saturated heterocycles. The summed E-state index contributed by atoms with van der Waals surface area (Å²) in [4.78, 5) is 110. The molecule has 2 bridgehead atoms. The van der Waals surface area contributed by atoms with Gasteiger partial charge in [0.05, 0.1) is 7.85 Å². The van der Waals surface area contributed by atoms with E-state index < -0.39 is 0 Å². The number of hydrogen-bond acceptors (Lipinski definition) is 21. The average Bonchev–Trinajstić information content (AvgIpc) is 0.885. The van der Waals surface area contributed by atoms with Gasteiger partial charge in [-0.1, -0.05) is 113 Å². The summed E-state index contributed by atoms with van der Waals surface area (Å²) in [6.07, 6.45) is 21.2. The predicted octanol–water partition coefficient (Wildman–Crippen LogP) is 13.1. The molecule has 18 rings (SSSR count). The number of piperazine rings is 1. The number of anilines is 8. The zero-order chi connectivity index (χ0) is 77.6. The Hall–Kier alpha value is -6.08. The largest absolute Gasteiger partial charge is 0.405 e. The third kappa shape index (κ3) is 22.2. The molecule has 2 unspecified atom stereocenters. The molecule has 12 aromatic rings. The molecule has 0 amide bonds. The number of piperidine rings is 2. The van der Waals surface area contributed by atoms with Crippen molar-refractivity contribution < 1.29 is 131 Å². The van der Waals surface area contributed by atoms with Gasteiger partial charge in [0.15, 0.2) is 22.2 Å². The number of aromatic nitrogens is 12. The first-order valence-electron chi connectivity index (χ1n) is 39.0. The number of pyridine rings is 4. The Bertz CT molecular complexity index is 5090. The molecule has 6 radical (unpaired) electrons. The number of nitrogens with zero attached hydrogens (tertiary/aromatic N) is 16. The summed E-state index contributed by atoms with van der Waals surface area (Å²) in [6, 6.07) is 24.9. The van der Waals surface area contributed by atoms with Gasteiger partial charge in [-0.25, -0.2) is 19.9 Å². The van der Waals surface area contributed by atoms with E-state index in [0.717, 1.165) is 131 Å². The van der Waals surface area contributed by atoms with Crippen LogP contribution in [0.4, 0.5) is 46.5 Å². The summed E-state index contributed by atoms with van der Waals surface area (Å²) in [6.45, 7) is 30.7. The third-order valence-corrected chi connectivity index (χ3v) is 20.3. The van der Waals surface area contributed by atoms with Crippen LogP contribution in [0.3, 0.4) is 0 Å². The number of fused-ring (bicyclic) bond motifs is 14. The molecular formula is C82H108BN21O4Y4-4. The molecule has 12 heterocycles. The Labute approximate surface area is 760 Å². The van der Waals surface area contributed by atoms with Crippen molar-refractivity contribution in [1.29, 1.82) is 0 Å². The fraction of sp³-hybridized carbons (Fsp3) is 0.463. The van der Waals surface area contributed by atoms with Gasteiger partial charge in [-0.15, -0.1) is 0 Å². The molecule has 2 saturated carbocycles. The SMILES string of the molecule is CC.CC.CC.CC.CC.CNc1ncc2c(n1)[n-]c(=O)c1cc(N3CC4CCC3C4)ccc12.CNc1ncc2c(n1)[n-]c(=O)c1cc(N3CCC4(CCCC4)C3)ccc12.CNc1ncc2c(n1)[n-]c(=O)c1cc(N3CCCCC3)ccc12.CNc1ncc2c(n1)[n-]c(=O)c1cc(N3CCNCC3)ccc12.[B]C.[Y].[Y].[Y].[Y]. The van der Waals surface area contributed by atoms with Crippen LogP contribution in [0.5, 0.6) is 0 Å². The maximum Gasteiger partial charge on any atom is 0.179 e. The maximum absolute atomic E-state index is 12.6. The zero-order valence-corrected chi connectivity index (χ0v) is 79.6. The van der Waals surface area contributed by atoms with E-state index in [2.05, 4.69) is 138 Å². The second-order valence-electron chi connectivity index (χ2n) is 26.0. The van der Waals surface area contributed by atoms with Crippen LogP contribution in [0.25, 0.3) is 87.2 Å². The van der Waals surface area contributed by atoms with E-state index in [0.29, 0.717) is 79.4 Å². The van der Waals surface area contributed by atoms with Gasteiger partial charge in [0.2, 0.25) is 0 Å². The second-order valence-corrected chi connectivity index (χ2v) is 26.0. The molecule has 25 nitrogen and oxygen atoms in total. The van der Waals surface area contributed by atoms with Gasteiger partial charge < -0.3 is 86.1 Å². The van der Waals surface area contributed by atoms with E-state index in [1.54, 1.807) is 53.0 Å². The monoisotopic (exact) mass is 1820 g/mol. The summed E-state index contributed by atoms with van der Waals surface area (Å²) in [7, 11) is 11.5. The van der Waals surface area contributed by atoms with Crippen LogP contribution in [0.15, 0.2) is 117 Å². The van der Waals surface area contributed by atoms with Crippen molar-refractivity contribution in [2.45, 2.75) is 153 Å². The second kappa shape index (κ2) is 47.2. The molecule has 584 valence electrons. The molecule has 1 spiro atoms. The summed E-state index contributed by atoms with van der Waals surface area (Å²) >= 11 is 0. The molecule has 8 aromatic heterocycles. The first kappa shape index (κ1) is 96.5. The number of nitrogens with one attached hydrogen (secondary N) is 5. The first-order chi connectivity index (χ1) is 52.9. The van der Waals surface area contributed by atoms with Crippen molar-refractivity contribution in [2.75, 3.05) is 128 Å². The molecule has 112 heavy (non-hydrogen) atoms. The molecule has 6 aliphatic rings. The summed E-state index contributed by atoms with van der Waals surface area (Å²) in [5, 5.41) is 24.1. The Morgan fingerprint density at radius 2 is 0.723 bits per heavy atom. The van der Waals surface area contributed by atoms with Crippen molar-refractivity contribution in [3.63, 3.8) is 0 Å². The molecule has 4 aliphatic heterocycles. The van der Waals surface area contributed by atoms with Gasteiger partial charge in [-0.3, -0.25) is 19.2 Å². The van der Waals surface area contributed by atoms with Crippen LogP contribution in [0.2, 0.25) is 6.82 Å². The summed E-state index contributed by atoms with van der Waals surface area (Å²) in [5.74, 6) is 2.69. The minimum Gasteiger partial charge on any atom is -0.405 e. The fourth-order valence-electron chi connectivity index (χ4n) is 15.2. The van der Waals surface area contributed by atoms with Crippen molar-refractivity contribution in [2.24, 2.45) is 11.3 Å². The van der Waals surface area contributed by atoms with E-state index >= 15 is 0 Å². The zero-order valence-electron chi connectivity index (χ0n) is 68.2. The molecule has 2 aliphatic carbocycles. The maximum atomic E-state index is 12.6. The molecule has 2 atom stereocenters. The van der Waals surface area contributed by atoms with Crippen molar-refractivity contribution in [1.82, 2.24) is 65.1 Å². The van der Waals surface area contributed by atoms with Crippen molar-refractivity contribution >= 4 is 142 Å². The summed E-state index contributed by atoms with van der Waals surface area (Å²) < 4.78 is 0. The van der Waals surface area contributed by atoms with Crippen LogP contribution in [-0.4, -0.2) is 141 Å². The van der Waals surface area contributed by atoms with Gasteiger partial charge in [0.1, 0.15) is 23.8 Å². The third-order valence-electron chi connectivity index (χ3n) is 20.3. The summed E-state index contributed by atoms with van der Waals surface area (Å²) in [5.41, 5.74) is 5.78. The quantitative estimate of drug-likeness (QED) is 0.0697. The number of rotatable bonds is 8. The van der Waals surface area contributed by atoms with Crippen LogP contribution in [-0.2, 0) is 131 Å². The van der Waals surface area contributed by atoms with E-state index in [-0.39, 0.29) is 153 Å². The van der Waals surface area contributed by atoms with E-state index in [9.17, 15) is 19.2 Å². The van der Waals surface area contributed by atoms with Gasteiger partial charge in [0.25, 0.3) is 0 Å². The standard InChI is InChI=1S/C20H23N5O.C18H19N5O.C17H19N5O.C16H18N6O.5C2H6.CH3B.4Y/c1-21-19-22-11-16-14-5-4-13(10-15(14)18(26)23-17(16)24-19)25-9-8-20(12-25)6-2-3-7-20;1-19-18-20-8-15-13-5-4-12(23-9-10-2-3-11(23)6-10)7-14(13)17(24)21-16(15)22-18;1-18-17-19-10-14-12-6-5-11(22-7-3-2-4-8-22)9-13(12)16(23)20-15(14)21-17;1-17-16-19-9-13-11-3-2-10(22-6-4-18-5-7-22)8-12(11)15(23)20-14(13)21-16;6*1-2;;;;/h4-5,10-11H,2-3,6-9,12H2,1H3,(H2,21,22,23,24,26);4-5,7-8,10-11H,2-3,6,9H2,1H3,(H2,19,20,21,22,24);5-6,9-10H,2-4,7-8H2,1H3,(H2,18,19,20,21,23);2-3,8-9,18H,4-7H2,1H3,(H2,17,19,20,21,23);5*1-2H3;1H3;;;;/p-4. The molecule has 6 fully saturated rings. The van der Waals surface area contributed by atoms with Crippen LogP contribution >= 0.6 is 0 Å². The van der Waals surface area contributed by atoms with Crippen molar-refractivity contribution in [3.05, 3.63) is 139 Å². The molecule has 30 heteroatoms. The minimum absolute atomic E-state index is 0. The van der Waals surface area contributed by atoms with Crippen molar-refractivity contribution in [3.8, 4) is 0 Å². The average molecular weight is 1820 g/mol. The Kier molecular flexibility index (Phi) is 40.7. The molecule has 4 aromatic carbocycles. The van der Waals surface area contributed by atoms with Gasteiger partial charge >= 0.3 is 0 Å². The Morgan fingerprint density at radius 1 is 0.393 bits per heavy atom. The Balaban J connectivity index is 0.000000252. The normalized spacial score (nSPS) is 15.8. The first-order valence-corrected chi connectivity index (χ1v) is 39.0. The Morgan fingerprint density at radius 3 is 1.05 bits per heavy atom. The topological polar surface area (TPSA) is 301 Å². The predicted molar refractivity (Wildman–Crippen MR) is 450 cm³/mol. The fourth-order valence-corrected chi connectivity index (χ4v) is 15.2. The van der Waals surface area contributed by atoms with E-state index in [4.69, 9.17) is 0 Å². The van der Waals surface area contributed by atoms with E-state index in [1.165, 1.54) is 77.5 Å². The number of hydrogen-bond donors (Lipinski definition) is 5. The smallest absolute Gasteiger partial charge is 0.179 e. The van der Waals surface area contributed by atoms with Gasteiger partial charge in [-0.2, -0.15) is 0 Å². The van der Waals surface area contributed by atoms with Gasteiger partial charge in [-0.05, 0) is 183 Å². The number of benzene rings is 4. The molecule has 5 N–H and O–H groups in total. The van der Waals surface area contributed by atoms with Crippen LogP contribution in [0, 0.1) is 11.3 Å². The minimum atomic E-state index is -0.245. The van der Waals surface area contributed by atoms with E-state index in [1.807, 2.05) is 118 Å². The van der Waals surface area contributed by atoms with Crippen LogP contribution < -0.4 is 88.4 Å². The van der Waals surface area contributed by atoms with Gasteiger partial charge in [0, 0.05) is 293 Å². The molecular weight excluding hydrogens is 1710 g/mol. The van der Waals surface area contributed by atoms with Crippen LogP contribution in [0.1, 0.15) is 140 Å².